The zero-order valence-corrected chi connectivity index (χ0v) is 12.6. The Kier molecular flexibility index (Phi) is 3.88. The minimum absolute atomic E-state index is 0.0607. The van der Waals surface area contributed by atoms with Crippen LogP contribution < -0.4 is 10.0 Å². The highest BCUT2D eigenvalue weighted by Crippen LogP contribution is 2.30. The average molecular weight is 310 g/mol. The van der Waals surface area contributed by atoms with Crippen LogP contribution >= 0.6 is 0 Å². The van der Waals surface area contributed by atoms with Gasteiger partial charge < -0.3 is 14.2 Å². The van der Waals surface area contributed by atoms with Crippen molar-refractivity contribution < 1.29 is 17.3 Å². The Morgan fingerprint density at radius 1 is 1.33 bits per heavy atom. The van der Waals surface area contributed by atoms with Gasteiger partial charge in [0.2, 0.25) is 5.09 Å². The Labute approximate surface area is 123 Å². The molecule has 1 atom stereocenters. The molecule has 0 spiro atoms. The third-order valence-electron chi connectivity index (χ3n) is 3.75. The lowest BCUT2D eigenvalue weighted by Gasteiger charge is -2.22. The highest BCUT2D eigenvalue weighted by atomic mass is 32.2. The van der Waals surface area contributed by atoms with Crippen LogP contribution in [-0.2, 0) is 23.0 Å². The van der Waals surface area contributed by atoms with Gasteiger partial charge in [-0.05, 0) is 38.1 Å². The minimum atomic E-state index is -3.52. The SMILES string of the molecule is CNS(=O)(=O)c1ccc(CNC2CCCc3occc32)o1. The summed E-state index contributed by atoms with van der Waals surface area (Å²) in [6.07, 6.45) is 4.81. The maximum Gasteiger partial charge on any atom is 0.273 e. The summed E-state index contributed by atoms with van der Waals surface area (Å²) in [5.74, 6) is 1.64. The summed E-state index contributed by atoms with van der Waals surface area (Å²) in [6.45, 7) is 0.481. The molecule has 21 heavy (non-hydrogen) atoms. The smallest absolute Gasteiger partial charge is 0.273 e. The van der Waals surface area contributed by atoms with Gasteiger partial charge >= 0.3 is 0 Å². The van der Waals surface area contributed by atoms with Crippen molar-refractivity contribution >= 4 is 10.0 Å². The van der Waals surface area contributed by atoms with E-state index in [-0.39, 0.29) is 11.1 Å². The Balaban J connectivity index is 1.67. The predicted octanol–water partition coefficient (Wildman–Crippen LogP) is 1.95. The van der Waals surface area contributed by atoms with Crippen molar-refractivity contribution in [1.82, 2.24) is 10.0 Å². The lowest BCUT2D eigenvalue weighted by atomic mass is 9.93. The van der Waals surface area contributed by atoms with Crippen LogP contribution in [0.4, 0.5) is 0 Å². The number of rotatable bonds is 5. The quantitative estimate of drug-likeness (QED) is 0.881. The van der Waals surface area contributed by atoms with Gasteiger partial charge in [-0.1, -0.05) is 0 Å². The first kappa shape index (κ1) is 14.4. The van der Waals surface area contributed by atoms with Crippen molar-refractivity contribution in [1.29, 1.82) is 0 Å². The molecule has 2 aromatic heterocycles. The number of hydrogen-bond donors (Lipinski definition) is 2. The van der Waals surface area contributed by atoms with Crippen LogP contribution in [0, 0.1) is 0 Å². The van der Waals surface area contributed by atoms with Crippen LogP contribution in [0.3, 0.4) is 0 Å². The van der Waals surface area contributed by atoms with Gasteiger partial charge in [-0.15, -0.1) is 0 Å². The van der Waals surface area contributed by atoms with Crippen LogP contribution in [0.1, 0.15) is 36.0 Å². The molecule has 0 saturated carbocycles. The van der Waals surface area contributed by atoms with Gasteiger partial charge in [-0.25, -0.2) is 13.1 Å². The fourth-order valence-electron chi connectivity index (χ4n) is 2.62. The van der Waals surface area contributed by atoms with Gasteiger partial charge in [0.15, 0.2) is 0 Å². The molecule has 0 amide bonds. The zero-order valence-electron chi connectivity index (χ0n) is 11.8. The third kappa shape index (κ3) is 2.90. The van der Waals surface area contributed by atoms with E-state index in [1.807, 2.05) is 6.07 Å². The number of aryl methyl sites for hydroxylation is 1. The molecule has 6 nitrogen and oxygen atoms in total. The first-order valence-electron chi connectivity index (χ1n) is 6.92. The summed E-state index contributed by atoms with van der Waals surface area (Å²) in [6, 6.07) is 5.36. The normalized spacial score (nSPS) is 18.6. The van der Waals surface area contributed by atoms with Crippen molar-refractivity contribution in [2.45, 2.75) is 36.9 Å². The van der Waals surface area contributed by atoms with Crippen LogP contribution in [-0.4, -0.2) is 15.5 Å². The predicted molar refractivity (Wildman–Crippen MR) is 76.2 cm³/mol. The van der Waals surface area contributed by atoms with Gasteiger partial charge in [0.1, 0.15) is 11.5 Å². The number of sulfonamides is 1. The largest absolute Gasteiger partial charge is 0.469 e. The van der Waals surface area contributed by atoms with E-state index >= 15 is 0 Å². The van der Waals surface area contributed by atoms with Crippen LogP contribution in [0.5, 0.6) is 0 Å². The molecule has 1 unspecified atom stereocenters. The first-order valence-corrected chi connectivity index (χ1v) is 8.40. The molecule has 0 aromatic carbocycles. The molecule has 0 aliphatic heterocycles. The van der Waals surface area contributed by atoms with Crippen molar-refractivity contribution in [3.8, 4) is 0 Å². The summed E-state index contributed by atoms with van der Waals surface area (Å²) in [5, 5.41) is 3.33. The molecule has 7 heteroatoms. The third-order valence-corrected chi connectivity index (χ3v) is 5.03. The molecular weight excluding hydrogens is 292 g/mol. The van der Waals surface area contributed by atoms with Crippen molar-refractivity contribution in [3.05, 3.63) is 41.5 Å². The van der Waals surface area contributed by atoms with Gasteiger partial charge in [-0.3, -0.25) is 0 Å². The van der Waals surface area contributed by atoms with Gasteiger partial charge in [0.25, 0.3) is 10.0 Å². The lowest BCUT2D eigenvalue weighted by Crippen LogP contribution is -2.23. The molecule has 1 aliphatic carbocycles. The second-order valence-corrected chi connectivity index (χ2v) is 6.87. The molecule has 3 rings (SSSR count). The van der Waals surface area contributed by atoms with E-state index < -0.39 is 10.0 Å². The van der Waals surface area contributed by atoms with Crippen molar-refractivity contribution in [2.75, 3.05) is 7.05 Å². The van der Waals surface area contributed by atoms with Crippen LogP contribution in [0.25, 0.3) is 0 Å². The van der Waals surface area contributed by atoms with Gasteiger partial charge in [0.05, 0.1) is 12.8 Å². The van der Waals surface area contributed by atoms with Crippen LogP contribution in [0.15, 0.2) is 38.4 Å². The lowest BCUT2D eigenvalue weighted by molar-refractivity contribution is 0.367. The maximum absolute atomic E-state index is 11.6. The highest BCUT2D eigenvalue weighted by Gasteiger charge is 2.23. The van der Waals surface area contributed by atoms with E-state index in [0.29, 0.717) is 12.3 Å². The van der Waals surface area contributed by atoms with E-state index in [0.717, 1.165) is 25.0 Å². The molecule has 0 fully saturated rings. The highest BCUT2D eigenvalue weighted by molar-refractivity contribution is 7.89. The van der Waals surface area contributed by atoms with Gasteiger partial charge in [0, 0.05) is 18.0 Å². The molecular formula is C14H18N2O4S. The van der Waals surface area contributed by atoms with E-state index in [1.54, 1.807) is 12.3 Å². The van der Waals surface area contributed by atoms with E-state index in [4.69, 9.17) is 8.83 Å². The van der Waals surface area contributed by atoms with E-state index in [9.17, 15) is 8.42 Å². The Hall–Kier alpha value is -1.57. The fourth-order valence-corrected chi connectivity index (χ4v) is 3.29. The molecule has 1 aliphatic rings. The average Bonchev–Trinajstić information content (AvgIpc) is 3.14. The monoisotopic (exact) mass is 310 g/mol. The Bertz CT molecular complexity index is 717. The summed E-state index contributed by atoms with van der Waals surface area (Å²) < 4.78 is 36.3. The molecule has 114 valence electrons. The molecule has 0 radical (unpaired) electrons. The standard InChI is InChI=1S/C14H18N2O4S/c1-15-21(17,18)14-6-5-10(20-14)9-16-12-3-2-4-13-11(12)7-8-19-13/h5-8,12,15-16H,2-4,9H2,1H3. The molecule has 2 N–H and O–H groups in total. The second kappa shape index (κ2) is 5.67. The molecule has 0 bridgehead atoms. The number of furan rings is 2. The van der Waals surface area contributed by atoms with Crippen LogP contribution in [0.2, 0.25) is 0 Å². The summed E-state index contributed by atoms with van der Waals surface area (Å²) in [4.78, 5) is 0. The number of fused-ring (bicyclic) bond motifs is 1. The molecule has 0 saturated heterocycles. The molecule has 2 heterocycles. The van der Waals surface area contributed by atoms with E-state index in [2.05, 4.69) is 10.0 Å². The number of nitrogens with one attached hydrogen (secondary N) is 2. The maximum atomic E-state index is 11.6. The summed E-state index contributed by atoms with van der Waals surface area (Å²) >= 11 is 0. The minimum Gasteiger partial charge on any atom is -0.469 e. The fraction of sp³-hybridized carbons (Fsp3) is 0.429. The Morgan fingerprint density at radius 2 is 2.19 bits per heavy atom. The van der Waals surface area contributed by atoms with Crippen molar-refractivity contribution in [2.24, 2.45) is 0 Å². The number of hydrogen-bond acceptors (Lipinski definition) is 5. The Morgan fingerprint density at radius 3 is 3.00 bits per heavy atom. The zero-order chi connectivity index (χ0) is 14.9. The summed E-state index contributed by atoms with van der Waals surface area (Å²) in [7, 11) is -2.16. The molecule has 2 aromatic rings. The second-order valence-electron chi connectivity index (χ2n) is 5.05. The first-order chi connectivity index (χ1) is 10.1. The topological polar surface area (TPSA) is 84.5 Å². The van der Waals surface area contributed by atoms with Crippen molar-refractivity contribution in [3.63, 3.8) is 0 Å². The van der Waals surface area contributed by atoms with E-state index in [1.165, 1.54) is 18.7 Å². The summed E-state index contributed by atoms with van der Waals surface area (Å²) in [5.41, 5.74) is 1.19. The van der Waals surface area contributed by atoms with Gasteiger partial charge in [-0.2, -0.15) is 0 Å².